The van der Waals surface area contributed by atoms with E-state index in [1.165, 1.54) is 62.9 Å². The summed E-state index contributed by atoms with van der Waals surface area (Å²) in [5.41, 5.74) is 6.68. The van der Waals surface area contributed by atoms with E-state index in [1.807, 2.05) is 11.3 Å². The first-order valence-electron chi connectivity index (χ1n) is 16.4. The molecule has 0 N–H and O–H groups in total. The lowest BCUT2D eigenvalue weighted by molar-refractivity contribution is 1.02. The molecule has 3 nitrogen and oxygen atoms in total. The number of thiophene rings is 2. The second kappa shape index (κ2) is 10.3. The van der Waals surface area contributed by atoms with Crippen molar-refractivity contribution in [2.45, 2.75) is 0 Å². The highest BCUT2D eigenvalue weighted by atomic mass is 32.1. The van der Waals surface area contributed by atoms with Crippen molar-refractivity contribution in [3.63, 3.8) is 0 Å². The molecule has 228 valence electrons. The van der Waals surface area contributed by atoms with Gasteiger partial charge in [0.15, 0.2) is 0 Å². The van der Waals surface area contributed by atoms with E-state index in [2.05, 4.69) is 156 Å². The van der Waals surface area contributed by atoms with Crippen LogP contribution in [0, 0.1) is 0 Å². The molecule has 4 heterocycles. The van der Waals surface area contributed by atoms with E-state index in [1.54, 1.807) is 11.3 Å². The molecular formula is C44H25N3S2. The molecule has 0 aliphatic rings. The zero-order valence-electron chi connectivity index (χ0n) is 26.1. The van der Waals surface area contributed by atoms with Crippen LogP contribution in [-0.4, -0.2) is 14.5 Å². The van der Waals surface area contributed by atoms with E-state index in [0.29, 0.717) is 5.95 Å². The van der Waals surface area contributed by atoms with Gasteiger partial charge >= 0.3 is 0 Å². The summed E-state index contributed by atoms with van der Waals surface area (Å²) in [6, 6.07) is 54.4. The Morgan fingerprint density at radius 3 is 1.76 bits per heavy atom. The number of hydrogen-bond acceptors (Lipinski definition) is 4. The van der Waals surface area contributed by atoms with Gasteiger partial charge < -0.3 is 0 Å². The van der Waals surface area contributed by atoms with Crippen LogP contribution < -0.4 is 0 Å². The standard InChI is InChI=1S/C44H25N3S2/c1-2-12-26(13-3-1)27-22-24-28(25-23-27)40-38-33-18-8-11-21-36(33)49-43(38)46-44(45-40)47-34-19-9-6-16-31(34)39-41(47)30-15-5-4-14-29(30)37-32-17-7-10-20-35(32)48-42(37)39/h1-25H. The highest BCUT2D eigenvalue weighted by Crippen LogP contribution is 2.48. The smallest absolute Gasteiger partial charge is 0.236 e. The minimum absolute atomic E-state index is 0.693. The van der Waals surface area contributed by atoms with Gasteiger partial charge in [0.05, 0.1) is 16.7 Å². The summed E-state index contributed by atoms with van der Waals surface area (Å²) in [6.45, 7) is 0. The van der Waals surface area contributed by atoms with Gasteiger partial charge in [0.2, 0.25) is 5.95 Å². The maximum absolute atomic E-state index is 5.53. The Morgan fingerprint density at radius 1 is 0.408 bits per heavy atom. The maximum Gasteiger partial charge on any atom is 0.236 e. The predicted octanol–water partition coefficient (Wildman–Crippen LogP) is 12.8. The predicted molar refractivity (Wildman–Crippen MR) is 211 cm³/mol. The highest BCUT2D eigenvalue weighted by molar-refractivity contribution is 7.27. The number of rotatable bonds is 3. The van der Waals surface area contributed by atoms with Crippen molar-refractivity contribution in [3.05, 3.63) is 152 Å². The summed E-state index contributed by atoms with van der Waals surface area (Å²) in [5, 5.41) is 9.87. The fourth-order valence-electron chi connectivity index (χ4n) is 7.70. The molecule has 7 aromatic carbocycles. The van der Waals surface area contributed by atoms with E-state index in [0.717, 1.165) is 32.5 Å². The highest BCUT2D eigenvalue weighted by Gasteiger charge is 2.24. The van der Waals surface area contributed by atoms with Crippen LogP contribution in [0.4, 0.5) is 0 Å². The largest absolute Gasteiger partial charge is 0.277 e. The van der Waals surface area contributed by atoms with Crippen LogP contribution in [0.1, 0.15) is 0 Å². The van der Waals surface area contributed by atoms with Gasteiger partial charge in [-0.2, -0.15) is 0 Å². The number of nitrogens with zero attached hydrogens (tertiary/aromatic N) is 3. The summed E-state index contributed by atoms with van der Waals surface area (Å²) in [7, 11) is 0. The molecule has 0 fully saturated rings. The van der Waals surface area contributed by atoms with E-state index >= 15 is 0 Å². The zero-order chi connectivity index (χ0) is 32.1. The van der Waals surface area contributed by atoms with Gasteiger partial charge in [0.1, 0.15) is 4.83 Å². The first-order chi connectivity index (χ1) is 24.3. The molecule has 0 unspecified atom stereocenters. The topological polar surface area (TPSA) is 30.7 Å². The van der Waals surface area contributed by atoms with Crippen LogP contribution in [0.2, 0.25) is 0 Å². The molecule has 0 aliphatic carbocycles. The van der Waals surface area contributed by atoms with Gasteiger partial charge in [-0.3, -0.25) is 4.57 Å². The number of hydrogen-bond donors (Lipinski definition) is 0. The first kappa shape index (κ1) is 27.1. The zero-order valence-corrected chi connectivity index (χ0v) is 27.7. The monoisotopic (exact) mass is 659 g/mol. The fourth-order valence-corrected chi connectivity index (χ4v) is 10.0. The van der Waals surface area contributed by atoms with Crippen molar-refractivity contribution in [3.8, 4) is 28.3 Å². The van der Waals surface area contributed by atoms with E-state index < -0.39 is 0 Å². The molecule has 5 heteroatoms. The molecule has 49 heavy (non-hydrogen) atoms. The number of aromatic nitrogens is 3. The van der Waals surface area contributed by atoms with Crippen molar-refractivity contribution >= 4 is 95.7 Å². The van der Waals surface area contributed by atoms with Gasteiger partial charge in [0.25, 0.3) is 0 Å². The van der Waals surface area contributed by atoms with Crippen molar-refractivity contribution in [2.75, 3.05) is 0 Å². The summed E-state index contributed by atoms with van der Waals surface area (Å²) in [5.74, 6) is 0.693. The summed E-state index contributed by atoms with van der Waals surface area (Å²) in [6.07, 6.45) is 0. The molecule has 0 atom stereocenters. The quantitative estimate of drug-likeness (QED) is 0.189. The molecule has 0 radical (unpaired) electrons. The Kier molecular flexibility index (Phi) is 5.70. The summed E-state index contributed by atoms with van der Waals surface area (Å²) >= 11 is 3.62. The van der Waals surface area contributed by atoms with Gasteiger partial charge in [-0.1, -0.05) is 133 Å². The molecular weight excluding hydrogens is 635 g/mol. The number of para-hydroxylation sites is 1. The molecule has 0 spiro atoms. The minimum atomic E-state index is 0.693. The van der Waals surface area contributed by atoms with Gasteiger partial charge in [0, 0.05) is 57.4 Å². The van der Waals surface area contributed by atoms with E-state index in [9.17, 15) is 0 Å². The Hall–Kier alpha value is -5.88. The Bertz CT molecular complexity index is 3090. The van der Waals surface area contributed by atoms with Crippen molar-refractivity contribution in [2.24, 2.45) is 0 Å². The molecule has 0 aliphatic heterocycles. The Labute approximate surface area is 289 Å². The van der Waals surface area contributed by atoms with Gasteiger partial charge in [-0.25, -0.2) is 9.97 Å². The lowest BCUT2D eigenvalue weighted by Crippen LogP contribution is -2.03. The third kappa shape index (κ3) is 3.88. The molecule has 0 amide bonds. The normalized spacial score (nSPS) is 12.1. The fraction of sp³-hybridized carbons (Fsp3) is 0. The average Bonchev–Trinajstić information content (AvgIpc) is 3.85. The van der Waals surface area contributed by atoms with Crippen molar-refractivity contribution in [1.82, 2.24) is 14.5 Å². The SMILES string of the molecule is c1ccc(-c2ccc(-c3nc(-n4c5ccccc5c5c6sc7ccccc7c6c6ccccc6c54)nc4sc5ccccc5c34)cc2)cc1. The van der Waals surface area contributed by atoms with Crippen LogP contribution in [0.15, 0.2) is 152 Å². The number of benzene rings is 7. The molecule has 0 bridgehead atoms. The molecule has 0 saturated carbocycles. The van der Waals surface area contributed by atoms with Crippen LogP contribution >= 0.6 is 22.7 Å². The van der Waals surface area contributed by atoms with Crippen LogP contribution in [0.3, 0.4) is 0 Å². The third-order valence-corrected chi connectivity index (χ3v) is 12.1. The molecule has 0 saturated heterocycles. The summed E-state index contributed by atoms with van der Waals surface area (Å²) in [4.78, 5) is 11.9. The number of fused-ring (bicyclic) bond motifs is 13. The molecule has 4 aromatic heterocycles. The van der Waals surface area contributed by atoms with Crippen LogP contribution in [-0.2, 0) is 0 Å². The molecule has 11 rings (SSSR count). The Morgan fingerprint density at radius 2 is 0.980 bits per heavy atom. The Balaban J connectivity index is 1.28. The molecule has 11 aromatic rings. The lowest BCUT2D eigenvalue weighted by Gasteiger charge is -2.12. The second-order valence-electron chi connectivity index (χ2n) is 12.5. The average molecular weight is 660 g/mol. The summed E-state index contributed by atoms with van der Waals surface area (Å²) < 4.78 is 6.15. The maximum atomic E-state index is 5.53. The van der Waals surface area contributed by atoms with Crippen LogP contribution in [0.5, 0.6) is 0 Å². The van der Waals surface area contributed by atoms with Gasteiger partial charge in [-0.15, -0.1) is 22.7 Å². The van der Waals surface area contributed by atoms with E-state index in [4.69, 9.17) is 9.97 Å². The van der Waals surface area contributed by atoms with Crippen molar-refractivity contribution in [1.29, 1.82) is 0 Å². The van der Waals surface area contributed by atoms with E-state index in [-0.39, 0.29) is 0 Å². The van der Waals surface area contributed by atoms with Gasteiger partial charge in [-0.05, 0) is 34.7 Å². The second-order valence-corrected chi connectivity index (χ2v) is 14.6. The first-order valence-corrected chi connectivity index (χ1v) is 18.1. The minimum Gasteiger partial charge on any atom is -0.277 e. The third-order valence-electron chi connectivity index (χ3n) is 9.84. The van der Waals surface area contributed by atoms with Crippen molar-refractivity contribution < 1.29 is 0 Å². The lowest BCUT2D eigenvalue weighted by atomic mass is 10.00. The van der Waals surface area contributed by atoms with Crippen LogP contribution in [0.25, 0.3) is 101 Å².